The number of amidine groups is 1. The van der Waals surface area contributed by atoms with E-state index in [4.69, 9.17) is 9.84 Å². The zero-order valence-corrected chi connectivity index (χ0v) is 16.3. The molecule has 0 aromatic heterocycles. The first-order chi connectivity index (χ1) is 14.4. The molecule has 5 rings (SSSR count). The number of rotatable bonds is 4. The summed E-state index contributed by atoms with van der Waals surface area (Å²) in [6.07, 6.45) is -0.0427. The van der Waals surface area contributed by atoms with Crippen LogP contribution in [0.1, 0.15) is 5.56 Å². The highest BCUT2D eigenvalue weighted by molar-refractivity contribution is 6.12. The molecule has 5 nitrogen and oxygen atoms in total. The first kappa shape index (κ1) is 17.9. The van der Waals surface area contributed by atoms with Crippen LogP contribution in [0, 0.1) is 0 Å². The van der Waals surface area contributed by atoms with Crippen LogP contribution in [0.2, 0.25) is 0 Å². The van der Waals surface area contributed by atoms with Crippen molar-refractivity contribution in [2.24, 2.45) is 5.10 Å². The van der Waals surface area contributed by atoms with Crippen LogP contribution in [0.5, 0.6) is 0 Å². The average Bonchev–Trinajstić information content (AvgIpc) is 3.22. The molecule has 1 atom stereocenters. The summed E-state index contributed by atoms with van der Waals surface area (Å²) in [6.45, 7) is 3.22. The number of hydrazone groups is 1. The van der Waals surface area contributed by atoms with Gasteiger partial charge in [0.25, 0.3) is 0 Å². The molecule has 3 aromatic carbocycles. The molecule has 0 radical (unpaired) electrons. The largest absolute Gasteiger partial charge is 0.379 e. The number of benzene rings is 3. The molecule has 0 bridgehead atoms. The molecule has 0 aliphatic carbocycles. The van der Waals surface area contributed by atoms with Gasteiger partial charge in [0.05, 0.1) is 18.9 Å². The van der Waals surface area contributed by atoms with Gasteiger partial charge in [0.2, 0.25) is 0 Å². The Morgan fingerprint density at radius 2 is 1.24 bits per heavy atom. The fourth-order valence-electron chi connectivity index (χ4n) is 3.95. The zero-order chi connectivity index (χ0) is 19.5. The summed E-state index contributed by atoms with van der Waals surface area (Å²) in [4.78, 5) is 4.79. The van der Waals surface area contributed by atoms with Gasteiger partial charge in [-0.2, -0.15) is 5.10 Å². The van der Waals surface area contributed by atoms with E-state index in [2.05, 4.69) is 93.7 Å². The number of hydrogen-bond donors (Lipinski definition) is 0. The lowest BCUT2D eigenvalue weighted by molar-refractivity contribution is 0.0194. The van der Waals surface area contributed by atoms with E-state index in [9.17, 15) is 0 Å². The molecule has 1 saturated heterocycles. The molecule has 0 saturated carbocycles. The predicted octanol–water partition coefficient (Wildman–Crippen LogP) is 3.99. The lowest BCUT2D eigenvalue weighted by atomic mass is 10.1. The van der Waals surface area contributed by atoms with Crippen molar-refractivity contribution >= 4 is 17.2 Å². The molecular formula is C24H24N4O. The van der Waals surface area contributed by atoms with Crippen molar-refractivity contribution in [2.75, 3.05) is 36.2 Å². The summed E-state index contributed by atoms with van der Waals surface area (Å²) < 4.78 is 5.64. The number of hydrogen-bond acceptors (Lipinski definition) is 5. The van der Waals surface area contributed by atoms with Crippen molar-refractivity contribution in [3.63, 3.8) is 0 Å². The Balaban J connectivity index is 1.65. The number of morpholine rings is 1. The van der Waals surface area contributed by atoms with Gasteiger partial charge in [-0.15, -0.1) is 0 Å². The maximum Gasteiger partial charge on any atom is 0.186 e. The van der Waals surface area contributed by atoms with Crippen molar-refractivity contribution in [2.45, 2.75) is 6.29 Å². The van der Waals surface area contributed by atoms with Gasteiger partial charge in [-0.25, -0.2) is 5.01 Å². The third-order valence-corrected chi connectivity index (χ3v) is 5.34. The Morgan fingerprint density at radius 3 is 1.86 bits per heavy atom. The van der Waals surface area contributed by atoms with Crippen molar-refractivity contribution in [1.82, 2.24) is 4.90 Å². The third kappa shape index (κ3) is 3.50. The van der Waals surface area contributed by atoms with Crippen LogP contribution < -0.4 is 9.91 Å². The van der Waals surface area contributed by atoms with Crippen LogP contribution in [0.25, 0.3) is 0 Å². The van der Waals surface area contributed by atoms with E-state index in [0.29, 0.717) is 0 Å². The molecule has 0 spiro atoms. The van der Waals surface area contributed by atoms with Crippen LogP contribution >= 0.6 is 0 Å². The fourth-order valence-corrected chi connectivity index (χ4v) is 3.95. The maximum atomic E-state index is 5.64. The predicted molar refractivity (Wildman–Crippen MR) is 117 cm³/mol. The number of anilines is 2. The van der Waals surface area contributed by atoms with E-state index in [1.807, 2.05) is 12.1 Å². The molecule has 1 unspecified atom stereocenters. The van der Waals surface area contributed by atoms with Crippen molar-refractivity contribution in [3.05, 3.63) is 96.6 Å². The van der Waals surface area contributed by atoms with Crippen LogP contribution in [-0.4, -0.2) is 43.3 Å². The molecule has 2 aliphatic heterocycles. The summed E-state index contributed by atoms with van der Waals surface area (Å²) in [7, 11) is 0. The van der Waals surface area contributed by atoms with E-state index in [-0.39, 0.29) is 6.29 Å². The molecule has 1 fully saturated rings. The molecule has 3 aromatic rings. The lowest BCUT2D eigenvalue weighted by Gasteiger charge is -2.41. The smallest absolute Gasteiger partial charge is 0.186 e. The van der Waals surface area contributed by atoms with Gasteiger partial charge in [-0.3, -0.25) is 9.80 Å². The van der Waals surface area contributed by atoms with Gasteiger partial charge in [0.1, 0.15) is 0 Å². The maximum absolute atomic E-state index is 5.64. The van der Waals surface area contributed by atoms with E-state index in [1.54, 1.807) is 0 Å². The Morgan fingerprint density at radius 1 is 0.690 bits per heavy atom. The topological polar surface area (TPSA) is 31.3 Å². The molecule has 0 N–H and O–H groups in total. The second-order valence-electron chi connectivity index (χ2n) is 7.17. The Bertz CT molecular complexity index is 956. The fraction of sp³-hybridized carbons (Fsp3) is 0.208. The van der Waals surface area contributed by atoms with E-state index >= 15 is 0 Å². The average molecular weight is 384 g/mol. The number of ether oxygens (including phenoxy) is 1. The monoisotopic (exact) mass is 384 g/mol. The normalized spacial score (nSPS) is 20.0. The number of nitrogens with zero attached hydrogens (tertiary/aromatic N) is 4. The summed E-state index contributed by atoms with van der Waals surface area (Å²) in [5.41, 5.74) is 3.31. The molecule has 29 heavy (non-hydrogen) atoms. The molecular weight excluding hydrogens is 360 g/mol. The van der Waals surface area contributed by atoms with Gasteiger partial charge in [-0.05, 0) is 24.3 Å². The molecule has 5 heteroatoms. The minimum Gasteiger partial charge on any atom is -0.379 e. The highest BCUT2D eigenvalue weighted by Crippen LogP contribution is 2.33. The van der Waals surface area contributed by atoms with Gasteiger partial charge < -0.3 is 4.74 Å². The first-order valence-corrected chi connectivity index (χ1v) is 10.1. The third-order valence-electron chi connectivity index (χ3n) is 5.34. The SMILES string of the molecule is c1ccc(C2=NN(c3ccccc3)C(N3CCOCC3)N2c2ccccc2)cc1. The van der Waals surface area contributed by atoms with Crippen molar-refractivity contribution in [1.29, 1.82) is 0 Å². The molecule has 2 heterocycles. The highest BCUT2D eigenvalue weighted by atomic mass is 16.5. The van der Waals surface area contributed by atoms with Crippen LogP contribution in [0.4, 0.5) is 11.4 Å². The summed E-state index contributed by atoms with van der Waals surface area (Å²) in [5, 5.41) is 7.28. The standard InChI is InChI=1S/C24H24N4O/c1-4-10-20(11-5-1)23-25-28(22-14-8-3-9-15-22)24(26-16-18-29-19-17-26)27(23)21-12-6-2-7-13-21/h1-15,24H,16-19H2. The Kier molecular flexibility index (Phi) is 4.99. The van der Waals surface area contributed by atoms with Crippen LogP contribution in [-0.2, 0) is 4.74 Å². The molecule has 146 valence electrons. The second kappa shape index (κ2) is 8.07. The summed E-state index contributed by atoms with van der Waals surface area (Å²) >= 11 is 0. The summed E-state index contributed by atoms with van der Waals surface area (Å²) in [6, 6.07) is 31.4. The van der Waals surface area contributed by atoms with Gasteiger partial charge in [-0.1, -0.05) is 66.7 Å². The zero-order valence-electron chi connectivity index (χ0n) is 16.3. The van der Waals surface area contributed by atoms with Crippen molar-refractivity contribution < 1.29 is 4.74 Å². The van der Waals surface area contributed by atoms with Gasteiger partial charge in [0, 0.05) is 24.3 Å². The van der Waals surface area contributed by atoms with Crippen molar-refractivity contribution in [3.8, 4) is 0 Å². The minimum atomic E-state index is -0.0427. The van der Waals surface area contributed by atoms with Crippen LogP contribution in [0.3, 0.4) is 0 Å². The van der Waals surface area contributed by atoms with Gasteiger partial charge in [0.15, 0.2) is 12.1 Å². The summed E-state index contributed by atoms with van der Waals surface area (Å²) in [5.74, 6) is 0.956. The van der Waals surface area contributed by atoms with Crippen LogP contribution in [0.15, 0.2) is 96.1 Å². The number of para-hydroxylation sites is 2. The van der Waals surface area contributed by atoms with E-state index in [1.165, 1.54) is 0 Å². The highest BCUT2D eigenvalue weighted by Gasteiger charge is 2.41. The van der Waals surface area contributed by atoms with Gasteiger partial charge >= 0.3 is 0 Å². The van der Waals surface area contributed by atoms with E-state index in [0.717, 1.165) is 49.1 Å². The lowest BCUT2D eigenvalue weighted by Crippen LogP contribution is -2.57. The Labute approximate surface area is 171 Å². The second-order valence-corrected chi connectivity index (χ2v) is 7.17. The Hall–Kier alpha value is -3.15. The molecule has 0 amide bonds. The van der Waals surface area contributed by atoms with E-state index < -0.39 is 0 Å². The molecule has 2 aliphatic rings. The quantitative estimate of drug-likeness (QED) is 0.681. The minimum absolute atomic E-state index is 0.0427. The first-order valence-electron chi connectivity index (χ1n) is 10.1.